The fourth-order valence-electron chi connectivity index (χ4n) is 2.23. The Hall–Kier alpha value is -0.300. The van der Waals surface area contributed by atoms with Crippen LogP contribution < -0.4 is 0 Å². The van der Waals surface area contributed by atoms with E-state index in [2.05, 4.69) is 27.4 Å². The van der Waals surface area contributed by atoms with Crippen LogP contribution in [0, 0.1) is 11.8 Å². The van der Waals surface area contributed by atoms with E-state index in [4.69, 9.17) is 4.74 Å². The standard InChI is InChI=1S/C11H18O/c1-7(2)9-5-8(3)11(4)10(6-9)12-11/h7,9-10H,3,5-6H2,1-2,4H3/t9-,10?,11-/m1/s1. The van der Waals surface area contributed by atoms with Crippen LogP contribution in [0.15, 0.2) is 12.2 Å². The average Bonchev–Trinajstić information content (AvgIpc) is 2.62. The molecule has 1 saturated carbocycles. The van der Waals surface area contributed by atoms with Crippen molar-refractivity contribution in [2.75, 3.05) is 0 Å². The van der Waals surface area contributed by atoms with Crippen LogP contribution in [0.4, 0.5) is 0 Å². The molecule has 1 nitrogen and oxygen atoms in total. The minimum Gasteiger partial charge on any atom is -0.362 e. The molecule has 68 valence electrons. The van der Waals surface area contributed by atoms with Crippen LogP contribution in [0.3, 0.4) is 0 Å². The Balaban J connectivity index is 2.07. The number of hydrogen-bond acceptors (Lipinski definition) is 1. The Morgan fingerprint density at radius 1 is 1.58 bits per heavy atom. The molecule has 0 aromatic heterocycles. The summed E-state index contributed by atoms with van der Waals surface area (Å²) < 4.78 is 5.66. The predicted molar refractivity (Wildman–Crippen MR) is 50.0 cm³/mol. The minimum atomic E-state index is 0.0748. The third kappa shape index (κ3) is 1.03. The highest BCUT2D eigenvalue weighted by molar-refractivity contribution is 5.27. The largest absolute Gasteiger partial charge is 0.362 e. The summed E-state index contributed by atoms with van der Waals surface area (Å²) in [4.78, 5) is 0. The summed E-state index contributed by atoms with van der Waals surface area (Å²) in [6.45, 7) is 10.9. The van der Waals surface area contributed by atoms with Gasteiger partial charge in [-0.15, -0.1) is 0 Å². The third-order valence-electron chi connectivity index (χ3n) is 3.61. The van der Waals surface area contributed by atoms with Crippen LogP contribution in [0.1, 0.15) is 33.6 Å². The highest BCUT2D eigenvalue weighted by Gasteiger charge is 2.57. The summed E-state index contributed by atoms with van der Waals surface area (Å²) in [5, 5.41) is 0. The molecule has 1 unspecified atom stereocenters. The number of hydrogen-bond donors (Lipinski definition) is 0. The van der Waals surface area contributed by atoms with E-state index in [1.165, 1.54) is 18.4 Å². The molecule has 0 N–H and O–H groups in total. The molecule has 1 saturated heterocycles. The monoisotopic (exact) mass is 166 g/mol. The molecule has 0 amide bonds. The van der Waals surface area contributed by atoms with E-state index >= 15 is 0 Å². The zero-order valence-corrected chi connectivity index (χ0v) is 8.26. The number of ether oxygens (including phenoxy) is 1. The lowest BCUT2D eigenvalue weighted by atomic mass is 9.75. The number of rotatable bonds is 1. The molecule has 1 aliphatic heterocycles. The molecule has 0 aromatic carbocycles. The van der Waals surface area contributed by atoms with Crippen LogP contribution in [0.25, 0.3) is 0 Å². The normalized spacial score (nSPS) is 46.2. The second-order valence-corrected chi connectivity index (χ2v) is 4.76. The SMILES string of the molecule is C=C1C[C@@H](C(C)C)CC2O[C@]12C. The van der Waals surface area contributed by atoms with Gasteiger partial charge in [0.25, 0.3) is 0 Å². The lowest BCUT2D eigenvalue weighted by Gasteiger charge is -2.27. The molecule has 0 radical (unpaired) electrons. The Morgan fingerprint density at radius 3 is 2.75 bits per heavy atom. The van der Waals surface area contributed by atoms with Crippen molar-refractivity contribution < 1.29 is 4.74 Å². The Kier molecular flexibility index (Phi) is 1.63. The summed E-state index contributed by atoms with van der Waals surface area (Å²) in [7, 11) is 0. The van der Waals surface area contributed by atoms with E-state index in [1.54, 1.807) is 0 Å². The van der Waals surface area contributed by atoms with Gasteiger partial charge in [-0.05, 0) is 37.2 Å². The van der Waals surface area contributed by atoms with E-state index in [0.29, 0.717) is 6.10 Å². The second kappa shape index (κ2) is 2.35. The fourth-order valence-corrected chi connectivity index (χ4v) is 2.23. The van der Waals surface area contributed by atoms with E-state index in [-0.39, 0.29) is 5.60 Å². The first kappa shape index (κ1) is 8.31. The number of epoxide rings is 1. The van der Waals surface area contributed by atoms with Crippen molar-refractivity contribution in [1.29, 1.82) is 0 Å². The van der Waals surface area contributed by atoms with Gasteiger partial charge in [-0.3, -0.25) is 0 Å². The molecule has 1 heteroatoms. The predicted octanol–water partition coefficient (Wildman–Crippen LogP) is 2.77. The lowest BCUT2D eigenvalue weighted by Crippen LogP contribution is -2.26. The third-order valence-corrected chi connectivity index (χ3v) is 3.61. The van der Waals surface area contributed by atoms with Gasteiger partial charge >= 0.3 is 0 Å². The molecule has 12 heavy (non-hydrogen) atoms. The van der Waals surface area contributed by atoms with Gasteiger partial charge in [0, 0.05) is 0 Å². The Labute approximate surface area is 74.8 Å². The Morgan fingerprint density at radius 2 is 2.25 bits per heavy atom. The first-order chi connectivity index (χ1) is 5.54. The summed E-state index contributed by atoms with van der Waals surface area (Å²) in [6, 6.07) is 0. The number of fused-ring (bicyclic) bond motifs is 1. The van der Waals surface area contributed by atoms with E-state index in [1.807, 2.05) is 0 Å². The van der Waals surface area contributed by atoms with Gasteiger partial charge < -0.3 is 4.74 Å². The highest BCUT2D eigenvalue weighted by atomic mass is 16.6. The van der Waals surface area contributed by atoms with Crippen molar-refractivity contribution in [3.05, 3.63) is 12.2 Å². The zero-order chi connectivity index (χ0) is 8.93. The molecule has 2 aliphatic rings. The first-order valence-electron chi connectivity index (χ1n) is 4.90. The maximum Gasteiger partial charge on any atom is 0.113 e. The van der Waals surface area contributed by atoms with Gasteiger partial charge in [0.15, 0.2) is 0 Å². The minimum absolute atomic E-state index is 0.0748. The second-order valence-electron chi connectivity index (χ2n) is 4.76. The maximum absolute atomic E-state index is 5.66. The molecule has 3 atom stereocenters. The van der Waals surface area contributed by atoms with Crippen molar-refractivity contribution in [2.45, 2.75) is 45.3 Å². The van der Waals surface area contributed by atoms with Gasteiger partial charge in [0.05, 0.1) is 6.10 Å². The molecule has 0 aromatic rings. The van der Waals surface area contributed by atoms with Crippen molar-refractivity contribution in [3.8, 4) is 0 Å². The highest BCUT2D eigenvalue weighted by Crippen LogP contribution is 2.53. The van der Waals surface area contributed by atoms with Gasteiger partial charge in [-0.25, -0.2) is 0 Å². The molecule has 0 bridgehead atoms. The zero-order valence-electron chi connectivity index (χ0n) is 8.26. The van der Waals surface area contributed by atoms with E-state index < -0.39 is 0 Å². The van der Waals surface area contributed by atoms with Gasteiger partial charge in [0.1, 0.15) is 5.60 Å². The molecule has 1 aliphatic carbocycles. The van der Waals surface area contributed by atoms with Crippen molar-refractivity contribution in [3.63, 3.8) is 0 Å². The topological polar surface area (TPSA) is 12.5 Å². The van der Waals surface area contributed by atoms with Gasteiger partial charge in [-0.2, -0.15) is 0 Å². The lowest BCUT2D eigenvalue weighted by molar-refractivity contribution is 0.310. The summed E-state index contributed by atoms with van der Waals surface area (Å²) >= 11 is 0. The van der Waals surface area contributed by atoms with Gasteiger partial charge in [-0.1, -0.05) is 20.4 Å². The molecular formula is C11H18O. The fraction of sp³-hybridized carbons (Fsp3) is 0.818. The molecule has 2 rings (SSSR count). The summed E-state index contributed by atoms with van der Waals surface area (Å²) in [5.41, 5.74) is 1.39. The molecule has 2 fully saturated rings. The van der Waals surface area contributed by atoms with Gasteiger partial charge in [0.2, 0.25) is 0 Å². The van der Waals surface area contributed by atoms with Crippen LogP contribution in [-0.4, -0.2) is 11.7 Å². The molecule has 0 spiro atoms. The van der Waals surface area contributed by atoms with Crippen LogP contribution >= 0.6 is 0 Å². The van der Waals surface area contributed by atoms with E-state index in [9.17, 15) is 0 Å². The van der Waals surface area contributed by atoms with Crippen LogP contribution in [0.2, 0.25) is 0 Å². The van der Waals surface area contributed by atoms with Crippen molar-refractivity contribution >= 4 is 0 Å². The quantitative estimate of drug-likeness (QED) is 0.431. The maximum atomic E-state index is 5.66. The smallest absolute Gasteiger partial charge is 0.113 e. The average molecular weight is 166 g/mol. The van der Waals surface area contributed by atoms with Crippen molar-refractivity contribution in [2.24, 2.45) is 11.8 Å². The molecular weight excluding hydrogens is 148 g/mol. The van der Waals surface area contributed by atoms with E-state index in [0.717, 1.165) is 11.8 Å². The van der Waals surface area contributed by atoms with Crippen LogP contribution in [-0.2, 0) is 4.74 Å². The van der Waals surface area contributed by atoms with Crippen molar-refractivity contribution in [1.82, 2.24) is 0 Å². The first-order valence-corrected chi connectivity index (χ1v) is 4.90. The Bertz CT molecular complexity index is 219. The van der Waals surface area contributed by atoms with Crippen LogP contribution in [0.5, 0.6) is 0 Å². The summed E-state index contributed by atoms with van der Waals surface area (Å²) in [6.07, 6.45) is 2.91. The molecule has 1 heterocycles. The summed E-state index contributed by atoms with van der Waals surface area (Å²) in [5.74, 6) is 1.58.